The van der Waals surface area contributed by atoms with Crippen molar-refractivity contribution >= 4 is 10.0 Å². The third-order valence-electron chi connectivity index (χ3n) is 2.59. The molecule has 8 heteroatoms. The molecule has 1 aromatic carbocycles. The number of alkyl halides is 3. The maximum atomic E-state index is 12.3. The third kappa shape index (κ3) is 5.04. The molecule has 1 aromatic rings. The van der Waals surface area contributed by atoms with Crippen LogP contribution in [0.2, 0.25) is 0 Å². The lowest BCUT2D eigenvalue weighted by Gasteiger charge is -2.18. The molecule has 21 heavy (non-hydrogen) atoms. The van der Waals surface area contributed by atoms with E-state index >= 15 is 0 Å². The minimum atomic E-state index is -4.43. The molecule has 0 atom stereocenters. The van der Waals surface area contributed by atoms with Crippen LogP contribution in [0.4, 0.5) is 13.2 Å². The van der Waals surface area contributed by atoms with Crippen molar-refractivity contribution in [1.29, 1.82) is 0 Å². The molecule has 0 aromatic heterocycles. The minimum absolute atomic E-state index is 0.130. The average molecular weight is 321 g/mol. The SMILES string of the molecule is CN(CCC(F)(F)F)S(=O)(=O)c1ccccc1C#CCO. The molecule has 0 amide bonds. The number of sulfonamides is 1. The molecule has 0 spiro atoms. The molecule has 0 saturated heterocycles. The molecular weight excluding hydrogens is 307 g/mol. The molecule has 0 fully saturated rings. The minimum Gasteiger partial charge on any atom is -0.384 e. The van der Waals surface area contributed by atoms with E-state index in [9.17, 15) is 21.6 Å². The topological polar surface area (TPSA) is 57.6 Å². The zero-order valence-electron chi connectivity index (χ0n) is 11.2. The van der Waals surface area contributed by atoms with Crippen molar-refractivity contribution in [1.82, 2.24) is 4.31 Å². The Labute approximate surface area is 121 Å². The van der Waals surface area contributed by atoms with Gasteiger partial charge in [-0.2, -0.15) is 13.2 Å². The van der Waals surface area contributed by atoms with E-state index in [1.807, 2.05) is 0 Å². The van der Waals surface area contributed by atoms with Crippen molar-refractivity contribution in [3.63, 3.8) is 0 Å². The summed E-state index contributed by atoms with van der Waals surface area (Å²) < 4.78 is 61.7. The van der Waals surface area contributed by atoms with Gasteiger partial charge in [-0.05, 0) is 12.1 Å². The predicted molar refractivity (Wildman–Crippen MR) is 70.9 cm³/mol. The van der Waals surface area contributed by atoms with Crippen molar-refractivity contribution in [3.8, 4) is 11.8 Å². The Hall–Kier alpha value is -1.56. The molecule has 0 unspecified atom stereocenters. The summed E-state index contributed by atoms with van der Waals surface area (Å²) in [6, 6.07) is 5.69. The molecular formula is C13H14F3NO3S. The summed E-state index contributed by atoms with van der Waals surface area (Å²) in [6.07, 6.45) is -5.66. The average Bonchev–Trinajstić information content (AvgIpc) is 2.41. The highest BCUT2D eigenvalue weighted by Crippen LogP contribution is 2.23. The van der Waals surface area contributed by atoms with Crippen LogP contribution < -0.4 is 0 Å². The summed E-state index contributed by atoms with van der Waals surface area (Å²) in [5, 5.41) is 8.65. The molecule has 0 aliphatic heterocycles. The highest BCUT2D eigenvalue weighted by molar-refractivity contribution is 7.89. The quantitative estimate of drug-likeness (QED) is 0.857. The Bertz CT molecular complexity index is 645. The van der Waals surface area contributed by atoms with Crippen LogP contribution in [0.15, 0.2) is 29.2 Å². The zero-order chi connectivity index (χ0) is 16.1. The van der Waals surface area contributed by atoms with Gasteiger partial charge in [-0.3, -0.25) is 0 Å². The highest BCUT2D eigenvalue weighted by atomic mass is 32.2. The lowest BCUT2D eigenvalue weighted by molar-refractivity contribution is -0.135. The van der Waals surface area contributed by atoms with Crippen LogP contribution in [0.5, 0.6) is 0 Å². The summed E-state index contributed by atoms with van der Waals surface area (Å²) in [6.45, 7) is -1.12. The Morgan fingerprint density at radius 2 is 1.90 bits per heavy atom. The van der Waals surface area contributed by atoms with Gasteiger partial charge in [-0.25, -0.2) is 12.7 Å². The van der Waals surface area contributed by atoms with Gasteiger partial charge in [0.1, 0.15) is 6.61 Å². The van der Waals surface area contributed by atoms with Crippen LogP contribution in [0.1, 0.15) is 12.0 Å². The summed E-state index contributed by atoms with van der Waals surface area (Å²) in [4.78, 5) is -0.185. The maximum Gasteiger partial charge on any atom is 0.390 e. The normalized spacial score (nSPS) is 12.1. The number of aliphatic hydroxyl groups is 1. The molecule has 0 radical (unpaired) electrons. The lowest BCUT2D eigenvalue weighted by Crippen LogP contribution is -2.31. The fraction of sp³-hybridized carbons (Fsp3) is 0.385. The maximum absolute atomic E-state index is 12.3. The van der Waals surface area contributed by atoms with Gasteiger partial charge in [0.15, 0.2) is 0 Å². The monoisotopic (exact) mass is 321 g/mol. The number of hydrogen-bond acceptors (Lipinski definition) is 3. The Balaban J connectivity index is 3.08. The molecule has 1 rings (SSSR count). The van der Waals surface area contributed by atoms with Gasteiger partial charge in [0.2, 0.25) is 10.0 Å². The summed E-state index contributed by atoms with van der Waals surface area (Å²) in [5.74, 6) is 4.78. The molecule has 4 nitrogen and oxygen atoms in total. The third-order valence-corrected chi connectivity index (χ3v) is 4.50. The number of rotatable bonds is 4. The number of aliphatic hydroxyl groups excluding tert-OH is 1. The first-order chi connectivity index (χ1) is 9.68. The van der Waals surface area contributed by atoms with Gasteiger partial charge in [-0.1, -0.05) is 24.0 Å². The second-order valence-corrected chi connectivity index (χ2v) is 6.16. The van der Waals surface area contributed by atoms with Crippen molar-refractivity contribution in [3.05, 3.63) is 29.8 Å². The first kappa shape index (κ1) is 17.5. The number of hydrogen-bond donors (Lipinski definition) is 1. The predicted octanol–water partition coefficient (Wildman–Crippen LogP) is 1.60. The van der Waals surface area contributed by atoms with Crippen LogP contribution in [-0.2, 0) is 10.0 Å². The first-order valence-electron chi connectivity index (χ1n) is 5.90. The number of nitrogens with zero attached hydrogens (tertiary/aromatic N) is 1. The van der Waals surface area contributed by atoms with E-state index in [4.69, 9.17) is 5.11 Å². The fourth-order valence-electron chi connectivity index (χ4n) is 1.50. The summed E-state index contributed by atoms with van der Waals surface area (Å²) >= 11 is 0. The van der Waals surface area contributed by atoms with Gasteiger partial charge in [0, 0.05) is 19.2 Å². The van der Waals surface area contributed by atoms with Crippen LogP contribution in [0.3, 0.4) is 0 Å². The number of halogens is 3. The first-order valence-corrected chi connectivity index (χ1v) is 7.34. The Morgan fingerprint density at radius 3 is 2.48 bits per heavy atom. The van der Waals surface area contributed by atoms with Gasteiger partial charge in [-0.15, -0.1) is 0 Å². The lowest BCUT2D eigenvalue weighted by atomic mass is 10.2. The smallest absolute Gasteiger partial charge is 0.384 e. The van der Waals surface area contributed by atoms with Crippen LogP contribution >= 0.6 is 0 Å². The number of benzene rings is 1. The molecule has 0 saturated carbocycles. The molecule has 116 valence electrons. The van der Waals surface area contributed by atoms with E-state index in [1.165, 1.54) is 18.2 Å². The molecule has 1 N–H and O–H groups in total. The van der Waals surface area contributed by atoms with Crippen molar-refractivity contribution in [2.24, 2.45) is 0 Å². The zero-order valence-corrected chi connectivity index (χ0v) is 12.0. The van der Waals surface area contributed by atoms with E-state index < -0.39 is 35.8 Å². The van der Waals surface area contributed by atoms with E-state index in [-0.39, 0.29) is 10.5 Å². The summed E-state index contributed by atoms with van der Waals surface area (Å²) in [5.41, 5.74) is 0.130. The van der Waals surface area contributed by atoms with Crippen LogP contribution in [-0.4, -0.2) is 44.2 Å². The van der Waals surface area contributed by atoms with Gasteiger partial charge >= 0.3 is 6.18 Å². The van der Waals surface area contributed by atoms with Crippen LogP contribution in [0.25, 0.3) is 0 Å². The van der Waals surface area contributed by atoms with Crippen molar-refractivity contribution < 1.29 is 26.7 Å². The highest BCUT2D eigenvalue weighted by Gasteiger charge is 2.31. The Kier molecular flexibility index (Phi) is 5.78. The molecule has 0 aliphatic carbocycles. The fourth-order valence-corrected chi connectivity index (χ4v) is 2.82. The van der Waals surface area contributed by atoms with E-state index in [1.54, 1.807) is 6.07 Å². The van der Waals surface area contributed by atoms with E-state index in [2.05, 4.69) is 11.8 Å². The second kappa shape index (κ2) is 6.93. The van der Waals surface area contributed by atoms with Gasteiger partial charge in [0.25, 0.3) is 0 Å². The molecule has 0 bridgehead atoms. The van der Waals surface area contributed by atoms with Crippen molar-refractivity contribution in [2.75, 3.05) is 20.2 Å². The van der Waals surface area contributed by atoms with Crippen LogP contribution in [0, 0.1) is 11.8 Å². The largest absolute Gasteiger partial charge is 0.390 e. The summed E-state index contributed by atoms with van der Waals surface area (Å²) in [7, 11) is -2.99. The molecule has 0 aliphatic rings. The molecule has 0 heterocycles. The Morgan fingerprint density at radius 1 is 1.29 bits per heavy atom. The van der Waals surface area contributed by atoms with E-state index in [0.29, 0.717) is 4.31 Å². The van der Waals surface area contributed by atoms with Crippen molar-refractivity contribution in [2.45, 2.75) is 17.5 Å². The standard InChI is InChI=1S/C13H14F3NO3S/c1-17(9-8-13(14,15)16)21(19,20)12-7-3-2-5-11(12)6-4-10-18/h2-3,5,7,18H,8-10H2,1H3. The van der Waals surface area contributed by atoms with E-state index in [0.717, 1.165) is 7.05 Å². The second-order valence-electron chi connectivity index (χ2n) is 4.15. The van der Waals surface area contributed by atoms with Gasteiger partial charge < -0.3 is 5.11 Å². The van der Waals surface area contributed by atoms with Gasteiger partial charge in [0.05, 0.1) is 11.3 Å².